The third-order valence-electron chi connectivity index (χ3n) is 4.28. The average Bonchev–Trinajstić information content (AvgIpc) is 2.42. The molecule has 0 spiro atoms. The van der Waals surface area contributed by atoms with Crippen molar-refractivity contribution in [1.82, 2.24) is 0 Å². The van der Waals surface area contributed by atoms with Gasteiger partial charge in [-0.25, -0.2) is 0 Å². The van der Waals surface area contributed by atoms with Crippen molar-refractivity contribution in [2.24, 2.45) is 5.92 Å². The summed E-state index contributed by atoms with van der Waals surface area (Å²) >= 11 is 2.24. The second kappa shape index (κ2) is 10.4. The number of alkyl halides is 1. The van der Waals surface area contributed by atoms with Gasteiger partial charge in [0.1, 0.15) is 6.29 Å². The molecule has 0 saturated heterocycles. The highest BCUT2D eigenvalue weighted by molar-refractivity contribution is 14.1. The van der Waals surface area contributed by atoms with Gasteiger partial charge in [0.05, 0.1) is 10.5 Å². The van der Waals surface area contributed by atoms with Crippen molar-refractivity contribution in [3.05, 3.63) is 0 Å². The zero-order chi connectivity index (χ0) is 17.4. The Morgan fingerprint density at radius 1 is 1.27 bits per heavy atom. The predicted molar refractivity (Wildman–Crippen MR) is 102 cm³/mol. The monoisotopic (exact) mass is 444 g/mol. The van der Waals surface area contributed by atoms with Crippen LogP contribution in [-0.2, 0) is 18.7 Å². The molecule has 3 atom stereocenters. The summed E-state index contributed by atoms with van der Waals surface area (Å²) < 4.78 is 18.5. The molecule has 0 aliphatic rings. The second-order valence-electron chi connectivity index (χ2n) is 7.16. The number of hydrogen-bond acceptors (Lipinski definition) is 4. The molecule has 0 N–H and O–H groups in total. The molecule has 0 aromatic rings. The van der Waals surface area contributed by atoms with Crippen LogP contribution < -0.4 is 0 Å². The maximum Gasteiger partial charge on any atom is 0.191 e. The van der Waals surface area contributed by atoms with Crippen LogP contribution in [0, 0.1) is 5.92 Å². The first-order valence-corrected chi connectivity index (χ1v) is 12.4. The third kappa shape index (κ3) is 7.85. The van der Waals surface area contributed by atoms with Crippen LogP contribution in [0.4, 0.5) is 0 Å². The molecule has 132 valence electrons. The lowest BCUT2D eigenvalue weighted by atomic mass is 10.0. The minimum absolute atomic E-state index is 0.158. The molecule has 4 nitrogen and oxygen atoms in total. The zero-order valence-electron chi connectivity index (χ0n) is 15.1. The van der Waals surface area contributed by atoms with Gasteiger partial charge in [0.15, 0.2) is 14.6 Å². The van der Waals surface area contributed by atoms with E-state index in [9.17, 15) is 4.79 Å². The maximum atomic E-state index is 11.0. The molecule has 0 aromatic carbocycles. The molecule has 0 heterocycles. The van der Waals surface area contributed by atoms with Crippen molar-refractivity contribution in [3.63, 3.8) is 0 Å². The molecule has 0 fully saturated rings. The van der Waals surface area contributed by atoms with Gasteiger partial charge in [0.25, 0.3) is 0 Å². The van der Waals surface area contributed by atoms with Gasteiger partial charge in [-0.1, -0.05) is 50.3 Å². The Morgan fingerprint density at radius 3 is 2.27 bits per heavy atom. The fourth-order valence-corrected chi connectivity index (χ4v) is 3.26. The molecule has 0 aromatic heterocycles. The molecule has 6 heteroatoms. The first-order valence-electron chi connectivity index (χ1n) is 7.99. The van der Waals surface area contributed by atoms with E-state index in [0.29, 0.717) is 19.6 Å². The van der Waals surface area contributed by atoms with E-state index in [1.54, 1.807) is 0 Å². The van der Waals surface area contributed by atoms with E-state index >= 15 is 0 Å². The Bertz CT molecular complexity index is 318. The standard InChI is InChI=1S/C16H33IO4Si/c1-8-19-15(11-17)21-14(9-10-18)13(2)12-20-22(6,7)16(3,4)5/h10,13-15H,8-9,11-12H2,1-7H3/t13-,14-,15?/m1/s1. The molecule has 0 aliphatic carbocycles. The minimum Gasteiger partial charge on any atom is -0.416 e. The quantitative estimate of drug-likeness (QED) is 0.156. The summed E-state index contributed by atoms with van der Waals surface area (Å²) in [6, 6.07) is 0. The summed E-state index contributed by atoms with van der Waals surface area (Å²) in [4.78, 5) is 11.0. The van der Waals surface area contributed by atoms with Gasteiger partial charge in [-0.3, -0.25) is 0 Å². The van der Waals surface area contributed by atoms with Gasteiger partial charge in [0, 0.05) is 25.6 Å². The van der Waals surface area contributed by atoms with E-state index in [0.717, 1.165) is 10.7 Å². The van der Waals surface area contributed by atoms with Crippen LogP contribution >= 0.6 is 22.6 Å². The normalized spacial score (nSPS) is 17.1. The van der Waals surface area contributed by atoms with Gasteiger partial charge < -0.3 is 18.7 Å². The number of carbonyl (C=O) groups excluding carboxylic acids is 1. The number of rotatable bonds is 11. The SMILES string of the molecule is CCOC(CI)O[C@H](CC=O)[C@H](C)CO[Si](C)(C)C(C)(C)C. The van der Waals surface area contributed by atoms with Crippen LogP contribution in [0.5, 0.6) is 0 Å². The fraction of sp³-hybridized carbons (Fsp3) is 0.938. The van der Waals surface area contributed by atoms with Crippen molar-refractivity contribution in [1.29, 1.82) is 0 Å². The van der Waals surface area contributed by atoms with Crippen molar-refractivity contribution in [3.8, 4) is 0 Å². The largest absolute Gasteiger partial charge is 0.416 e. The average molecular weight is 444 g/mol. The highest BCUT2D eigenvalue weighted by Crippen LogP contribution is 2.37. The van der Waals surface area contributed by atoms with Gasteiger partial charge in [0.2, 0.25) is 0 Å². The lowest BCUT2D eigenvalue weighted by Crippen LogP contribution is -2.43. The maximum absolute atomic E-state index is 11.0. The van der Waals surface area contributed by atoms with Crippen molar-refractivity contribution < 1.29 is 18.7 Å². The number of carbonyl (C=O) groups is 1. The molecule has 0 amide bonds. The smallest absolute Gasteiger partial charge is 0.191 e. The Kier molecular flexibility index (Phi) is 10.6. The summed E-state index contributed by atoms with van der Waals surface area (Å²) in [5.41, 5.74) is 0. The molecular formula is C16H33IO4Si. The van der Waals surface area contributed by atoms with E-state index in [1.165, 1.54) is 0 Å². The van der Waals surface area contributed by atoms with Crippen molar-refractivity contribution >= 4 is 37.2 Å². The fourth-order valence-electron chi connectivity index (χ4n) is 1.68. The highest BCUT2D eigenvalue weighted by atomic mass is 127. The summed E-state index contributed by atoms with van der Waals surface area (Å²) in [7, 11) is -1.78. The van der Waals surface area contributed by atoms with Crippen molar-refractivity contribution in [2.75, 3.05) is 17.6 Å². The molecular weight excluding hydrogens is 411 g/mol. The Hall–Kier alpha value is 0.497. The number of ether oxygens (including phenoxy) is 2. The number of hydrogen-bond donors (Lipinski definition) is 0. The summed E-state index contributed by atoms with van der Waals surface area (Å²) in [5, 5.41) is 0.184. The lowest BCUT2D eigenvalue weighted by Gasteiger charge is -2.38. The van der Waals surface area contributed by atoms with E-state index in [2.05, 4.69) is 63.4 Å². The molecule has 22 heavy (non-hydrogen) atoms. The molecule has 0 rings (SSSR count). The van der Waals surface area contributed by atoms with Crippen LogP contribution in [-0.4, -0.2) is 44.6 Å². The first kappa shape index (κ1) is 22.5. The van der Waals surface area contributed by atoms with Crippen LogP contribution in [0.25, 0.3) is 0 Å². The lowest BCUT2D eigenvalue weighted by molar-refractivity contribution is -0.168. The Balaban J connectivity index is 4.65. The number of halogens is 1. The van der Waals surface area contributed by atoms with Gasteiger partial charge in [-0.05, 0) is 25.1 Å². The van der Waals surface area contributed by atoms with Gasteiger partial charge >= 0.3 is 0 Å². The minimum atomic E-state index is -1.78. The molecule has 0 aliphatic heterocycles. The number of aldehydes is 1. The van der Waals surface area contributed by atoms with Gasteiger partial charge in [-0.2, -0.15) is 0 Å². The van der Waals surface area contributed by atoms with E-state index in [-0.39, 0.29) is 23.4 Å². The molecule has 0 radical (unpaired) electrons. The van der Waals surface area contributed by atoms with E-state index < -0.39 is 8.32 Å². The van der Waals surface area contributed by atoms with Gasteiger partial charge in [-0.15, -0.1) is 0 Å². The second-order valence-corrected chi connectivity index (χ2v) is 12.9. The van der Waals surface area contributed by atoms with Crippen molar-refractivity contribution in [2.45, 2.75) is 71.6 Å². The van der Waals surface area contributed by atoms with E-state index in [4.69, 9.17) is 13.9 Å². The molecule has 0 saturated carbocycles. The highest BCUT2D eigenvalue weighted by Gasteiger charge is 2.38. The topological polar surface area (TPSA) is 44.8 Å². The molecule has 0 bridgehead atoms. The summed E-state index contributed by atoms with van der Waals surface area (Å²) in [5.74, 6) is 0.158. The van der Waals surface area contributed by atoms with Crippen LogP contribution in [0.2, 0.25) is 18.1 Å². The Morgan fingerprint density at radius 2 is 1.86 bits per heavy atom. The first-order chi connectivity index (χ1) is 10.1. The van der Waals surface area contributed by atoms with Crippen LogP contribution in [0.1, 0.15) is 41.0 Å². The summed E-state index contributed by atoms with van der Waals surface area (Å²) in [6.07, 6.45) is 0.880. The summed E-state index contributed by atoms with van der Waals surface area (Å²) in [6.45, 7) is 16.4. The predicted octanol–water partition coefficient (Wildman–Crippen LogP) is 4.42. The van der Waals surface area contributed by atoms with Crippen LogP contribution in [0.3, 0.4) is 0 Å². The molecule has 1 unspecified atom stereocenters. The van der Waals surface area contributed by atoms with E-state index in [1.807, 2.05) is 6.92 Å². The van der Waals surface area contributed by atoms with Crippen LogP contribution in [0.15, 0.2) is 0 Å². The third-order valence-corrected chi connectivity index (χ3v) is 9.50. The Labute approximate surface area is 150 Å². The zero-order valence-corrected chi connectivity index (χ0v) is 18.3.